The zero-order chi connectivity index (χ0) is 8.72. The van der Waals surface area contributed by atoms with Gasteiger partial charge in [0.05, 0.1) is 0 Å². The normalized spacial score (nSPS) is 10.8. The Hall–Kier alpha value is -0.810. The summed E-state index contributed by atoms with van der Waals surface area (Å²) in [6.45, 7) is 0. The van der Waals surface area contributed by atoms with E-state index in [2.05, 4.69) is 25.7 Å². The van der Waals surface area contributed by atoms with Gasteiger partial charge in [0.1, 0.15) is 5.02 Å². The van der Waals surface area contributed by atoms with Crippen LogP contribution in [0.5, 0.6) is 0 Å². The number of halogens is 2. The molecule has 0 saturated carbocycles. The number of hydrogen-bond donors (Lipinski definition) is 1. The van der Waals surface area contributed by atoms with E-state index in [9.17, 15) is 4.91 Å². The summed E-state index contributed by atoms with van der Waals surface area (Å²) < 4.78 is 5.48. The van der Waals surface area contributed by atoms with E-state index in [4.69, 9.17) is 11.6 Å². The molecule has 0 amide bonds. The first kappa shape index (κ1) is 7.82. The number of fused-ring (bicyclic) bond motifs is 1. The third kappa shape index (κ3) is 0.971. The molecular formula is C6H3BrClN2O2+. The number of nitrogens with zero attached hydrogens (tertiary/aromatic N) is 1. The van der Waals surface area contributed by atoms with Crippen molar-refractivity contribution in [1.82, 2.24) is 5.16 Å². The summed E-state index contributed by atoms with van der Waals surface area (Å²) in [6.07, 6.45) is 0. The van der Waals surface area contributed by atoms with Gasteiger partial charge < -0.3 is 0 Å². The second kappa shape index (κ2) is 2.60. The van der Waals surface area contributed by atoms with E-state index in [1.807, 2.05) is 0 Å². The summed E-state index contributed by atoms with van der Waals surface area (Å²) in [5.74, 6) is 0. The average molecular weight is 250 g/mol. The minimum absolute atomic E-state index is 0.297. The number of rotatable bonds is 0. The smallest absolute Gasteiger partial charge is 0.0875 e. The van der Waals surface area contributed by atoms with Crippen LogP contribution in [0.1, 0.15) is 0 Å². The summed E-state index contributed by atoms with van der Waals surface area (Å²) in [7, 11) is 0. The van der Waals surface area contributed by atoms with E-state index in [0.29, 0.717) is 25.1 Å². The Morgan fingerprint density at radius 3 is 3.08 bits per heavy atom. The zero-order valence-electron chi connectivity index (χ0n) is 5.67. The highest BCUT2D eigenvalue weighted by Crippen LogP contribution is 2.27. The fourth-order valence-corrected chi connectivity index (χ4v) is 1.49. The summed E-state index contributed by atoms with van der Waals surface area (Å²) in [4.78, 5) is 11.0. The quantitative estimate of drug-likeness (QED) is 0.778. The van der Waals surface area contributed by atoms with Crippen molar-refractivity contribution in [3.8, 4) is 0 Å². The minimum Gasteiger partial charge on any atom is -0.0875 e. The lowest BCUT2D eigenvalue weighted by molar-refractivity contribution is -0.692. The molecule has 0 spiro atoms. The Labute approximate surface area is 79.8 Å². The van der Waals surface area contributed by atoms with Crippen LogP contribution < -0.4 is 4.60 Å². The van der Waals surface area contributed by atoms with Crippen LogP contribution >= 0.6 is 27.5 Å². The van der Waals surface area contributed by atoms with E-state index >= 15 is 0 Å². The molecule has 0 aliphatic carbocycles. The second-order valence-corrected chi connectivity index (χ2v) is 3.44. The molecule has 0 radical (unpaired) electrons. The van der Waals surface area contributed by atoms with Crippen molar-refractivity contribution in [3.63, 3.8) is 0 Å². The molecule has 1 aromatic heterocycles. The Bertz CT molecular complexity index is 490. The van der Waals surface area contributed by atoms with Crippen molar-refractivity contribution < 1.29 is 9.23 Å². The first-order chi connectivity index (χ1) is 5.70. The van der Waals surface area contributed by atoms with Gasteiger partial charge in [0.2, 0.25) is 5.52 Å². The standard InChI is InChI=1S/C6H3BrClN2O2/c7-3-1-2-4-6(5(3)8)10(11)12-9-4/h1-2,9H/q+1. The first-order valence-corrected chi connectivity index (χ1v) is 4.25. The highest BCUT2D eigenvalue weighted by molar-refractivity contribution is 9.10. The Kier molecular flexibility index (Phi) is 1.69. The molecule has 0 fully saturated rings. The van der Waals surface area contributed by atoms with Crippen LogP contribution in [0, 0.1) is 4.91 Å². The van der Waals surface area contributed by atoms with Crippen molar-refractivity contribution in [2.75, 3.05) is 0 Å². The van der Waals surface area contributed by atoms with Gasteiger partial charge in [-0.1, -0.05) is 21.4 Å². The Morgan fingerprint density at radius 1 is 1.58 bits per heavy atom. The third-order valence-electron chi connectivity index (χ3n) is 1.49. The number of hydrogen-bond acceptors (Lipinski definition) is 2. The maximum absolute atomic E-state index is 11.0. The number of H-pyrrole nitrogens is 1. The van der Waals surface area contributed by atoms with E-state index < -0.39 is 0 Å². The molecule has 2 rings (SSSR count). The zero-order valence-corrected chi connectivity index (χ0v) is 8.02. The van der Waals surface area contributed by atoms with Crippen LogP contribution in [0.2, 0.25) is 5.02 Å². The molecule has 0 bridgehead atoms. The molecule has 1 heterocycles. The fourth-order valence-electron chi connectivity index (χ4n) is 0.937. The largest absolute Gasteiger partial charge is 0.291 e. The van der Waals surface area contributed by atoms with Crippen LogP contribution in [-0.2, 0) is 0 Å². The van der Waals surface area contributed by atoms with Gasteiger partial charge in [0, 0.05) is 4.47 Å². The molecule has 6 heteroatoms. The van der Waals surface area contributed by atoms with Crippen molar-refractivity contribution in [3.05, 3.63) is 26.5 Å². The Balaban J connectivity index is 3.06. The molecule has 0 aliphatic heterocycles. The summed E-state index contributed by atoms with van der Waals surface area (Å²) in [6, 6.07) is 3.43. The molecule has 0 saturated heterocycles. The van der Waals surface area contributed by atoms with E-state index in [1.54, 1.807) is 12.1 Å². The molecule has 0 unspecified atom stereocenters. The van der Waals surface area contributed by atoms with Crippen molar-refractivity contribution in [2.24, 2.45) is 0 Å². The summed E-state index contributed by atoms with van der Waals surface area (Å²) >= 11 is 9.02. The van der Waals surface area contributed by atoms with Crippen molar-refractivity contribution >= 4 is 38.6 Å². The molecule has 12 heavy (non-hydrogen) atoms. The van der Waals surface area contributed by atoms with Gasteiger partial charge in [-0.05, 0) is 33.0 Å². The van der Waals surface area contributed by atoms with Gasteiger partial charge in [-0.15, -0.1) is 0 Å². The molecule has 1 N–H and O–H groups in total. The van der Waals surface area contributed by atoms with Crippen LogP contribution in [0.25, 0.3) is 11.0 Å². The van der Waals surface area contributed by atoms with Gasteiger partial charge in [-0.25, -0.2) is 0 Å². The number of benzene rings is 1. The average Bonchev–Trinajstić information content (AvgIpc) is 2.41. The summed E-state index contributed by atoms with van der Waals surface area (Å²) in [5, 5.41) is 2.77. The van der Waals surface area contributed by atoms with Crippen LogP contribution in [0.15, 0.2) is 21.2 Å². The monoisotopic (exact) mass is 249 g/mol. The van der Waals surface area contributed by atoms with Crippen LogP contribution in [0.3, 0.4) is 0 Å². The van der Waals surface area contributed by atoms with Gasteiger partial charge in [0.25, 0.3) is 5.52 Å². The molecule has 0 atom stereocenters. The SMILES string of the molecule is O=[n+]1o[nH]c2ccc(Br)c(Cl)c21. The number of aromatic amines is 1. The lowest BCUT2D eigenvalue weighted by Gasteiger charge is -1.88. The van der Waals surface area contributed by atoms with E-state index in [-0.39, 0.29) is 0 Å². The van der Waals surface area contributed by atoms with Gasteiger partial charge >= 0.3 is 0 Å². The van der Waals surface area contributed by atoms with Gasteiger partial charge in [0.15, 0.2) is 4.60 Å². The second-order valence-electron chi connectivity index (χ2n) is 2.21. The van der Waals surface area contributed by atoms with Crippen molar-refractivity contribution in [1.29, 1.82) is 0 Å². The third-order valence-corrected chi connectivity index (χ3v) is 2.76. The Morgan fingerprint density at radius 2 is 2.33 bits per heavy atom. The maximum atomic E-state index is 11.0. The fraction of sp³-hybridized carbons (Fsp3) is 0. The van der Waals surface area contributed by atoms with Gasteiger partial charge in [-0.3, -0.25) is 0 Å². The number of nitrogens with one attached hydrogen (secondary N) is 1. The predicted molar refractivity (Wildman–Crippen MR) is 46.6 cm³/mol. The maximum Gasteiger partial charge on any atom is 0.291 e. The van der Waals surface area contributed by atoms with Crippen molar-refractivity contribution in [2.45, 2.75) is 0 Å². The molecule has 62 valence electrons. The topological polar surface area (TPSA) is 51.9 Å². The van der Waals surface area contributed by atoms with E-state index in [1.165, 1.54) is 0 Å². The molecule has 2 aromatic rings. The van der Waals surface area contributed by atoms with E-state index in [0.717, 1.165) is 0 Å². The molecule has 1 aromatic carbocycles. The highest BCUT2D eigenvalue weighted by Gasteiger charge is 2.16. The predicted octanol–water partition coefficient (Wildman–Crippen LogP) is 2.09. The molecule has 4 nitrogen and oxygen atoms in total. The number of aromatic nitrogens is 2. The van der Waals surface area contributed by atoms with Gasteiger partial charge in [-0.2, -0.15) is 0 Å². The molecular weight excluding hydrogens is 247 g/mol. The molecule has 0 aliphatic rings. The lowest BCUT2D eigenvalue weighted by atomic mass is 10.3. The lowest BCUT2D eigenvalue weighted by Crippen LogP contribution is -2.08. The minimum atomic E-state index is 0.297. The highest BCUT2D eigenvalue weighted by atomic mass is 79.9. The van der Waals surface area contributed by atoms with Crippen LogP contribution in [0.4, 0.5) is 0 Å². The van der Waals surface area contributed by atoms with Crippen LogP contribution in [-0.4, -0.2) is 5.16 Å². The summed E-state index contributed by atoms with van der Waals surface area (Å²) in [5.41, 5.74) is 0.865. The first-order valence-electron chi connectivity index (χ1n) is 3.08.